The van der Waals surface area contributed by atoms with E-state index in [2.05, 4.69) is 308 Å². The molecular formula is C100H122. The minimum Gasteiger partial charge on any atom is -0.0683 e. The predicted octanol–water partition coefficient (Wildman–Crippen LogP) is 33.3. The minimum atomic E-state index is 1.31. The summed E-state index contributed by atoms with van der Waals surface area (Å²) < 4.78 is 0. The second kappa shape index (κ2) is 45.1. The molecule has 0 heterocycles. The first-order valence-electron chi connectivity index (χ1n) is 38.1. The first-order chi connectivity index (χ1) is 49.1. The Morgan fingerprint density at radius 1 is 0.130 bits per heavy atom. The van der Waals surface area contributed by atoms with Crippen LogP contribution in [0.15, 0.2) is 267 Å². The molecule has 0 unspecified atom stereocenters. The fourth-order valence-corrected chi connectivity index (χ4v) is 12.6. The van der Waals surface area contributed by atoms with Crippen LogP contribution in [-0.4, -0.2) is 0 Å². The van der Waals surface area contributed by atoms with Crippen LogP contribution in [-0.2, 0) is 0 Å². The van der Waals surface area contributed by atoms with Crippen molar-refractivity contribution < 1.29 is 0 Å². The SMILES string of the molecule is CC.CC.CC.CC.CC.CC.CC.CC.CC.CC.Cc1cc2cccc3ccc4cccc1c4c32.Cc1cc2ccccc2c2ccccc12.Cc1ccc2c(ccc3ccccc32)c1.Cc1ccc2cc(C)c3ccccc3c2c1.Cc1ccc2ccc3cccc4ccc1c2c34. The lowest BCUT2D eigenvalue weighted by Gasteiger charge is -2.12. The maximum atomic E-state index is 2.30. The Kier molecular flexibility index (Phi) is 38.2. The van der Waals surface area contributed by atoms with Crippen LogP contribution in [0.5, 0.6) is 0 Å². The molecule has 0 amide bonds. The minimum absolute atomic E-state index is 1.31. The Labute approximate surface area is 605 Å². The van der Waals surface area contributed by atoms with Gasteiger partial charge in [-0.2, -0.15) is 0 Å². The molecule has 17 rings (SSSR count). The maximum absolute atomic E-state index is 2.30. The fraction of sp³-hybridized carbons (Fsp3) is 0.260. The van der Waals surface area contributed by atoms with E-state index < -0.39 is 0 Å². The Morgan fingerprint density at radius 2 is 0.380 bits per heavy atom. The summed E-state index contributed by atoms with van der Waals surface area (Å²) in [4.78, 5) is 0. The Hall–Kier alpha value is -9.62. The van der Waals surface area contributed by atoms with Gasteiger partial charge in [-0.05, 0) is 193 Å². The summed E-state index contributed by atoms with van der Waals surface area (Å²) in [6.45, 7) is 53.0. The number of hydrogen-bond donors (Lipinski definition) is 0. The summed E-state index contributed by atoms with van der Waals surface area (Å²) in [7, 11) is 0. The van der Waals surface area contributed by atoms with Gasteiger partial charge in [0.25, 0.3) is 0 Å². The number of hydrogen-bond acceptors (Lipinski definition) is 0. The molecule has 0 radical (unpaired) electrons. The van der Waals surface area contributed by atoms with E-state index in [0.29, 0.717) is 0 Å². The van der Waals surface area contributed by atoms with Crippen LogP contribution in [0.25, 0.3) is 129 Å². The van der Waals surface area contributed by atoms with Crippen molar-refractivity contribution in [2.45, 2.75) is 180 Å². The van der Waals surface area contributed by atoms with Gasteiger partial charge in [-0.3, -0.25) is 0 Å². The molecule has 0 aliphatic carbocycles. The number of aryl methyl sites for hydroxylation is 6. The van der Waals surface area contributed by atoms with Gasteiger partial charge in [-0.15, -0.1) is 0 Å². The number of rotatable bonds is 0. The first kappa shape index (κ1) is 84.6. The van der Waals surface area contributed by atoms with Gasteiger partial charge in [0, 0.05) is 0 Å². The molecule has 17 aromatic carbocycles. The summed E-state index contributed by atoms with van der Waals surface area (Å²) in [5, 5.41) is 32.6. The Morgan fingerprint density at radius 3 is 0.900 bits per heavy atom. The van der Waals surface area contributed by atoms with E-state index in [1.165, 1.54) is 163 Å². The van der Waals surface area contributed by atoms with Crippen LogP contribution in [0.1, 0.15) is 172 Å². The number of benzene rings is 17. The van der Waals surface area contributed by atoms with Crippen LogP contribution in [0.4, 0.5) is 0 Å². The van der Waals surface area contributed by atoms with Crippen molar-refractivity contribution in [2.75, 3.05) is 0 Å². The first-order valence-corrected chi connectivity index (χ1v) is 38.1. The molecule has 0 bridgehead atoms. The highest BCUT2D eigenvalue weighted by atomic mass is 14.1. The average molecular weight is 1320 g/mol. The second-order valence-electron chi connectivity index (χ2n) is 21.9. The molecule has 0 N–H and O–H groups in total. The molecule has 0 saturated carbocycles. The molecule has 0 aliphatic heterocycles. The quantitative estimate of drug-likeness (QED) is 0.133. The third-order valence-corrected chi connectivity index (χ3v) is 16.6. The highest BCUT2D eigenvalue weighted by Crippen LogP contribution is 2.38. The Balaban J connectivity index is 0.000000306. The molecule has 0 spiro atoms. The van der Waals surface area contributed by atoms with Gasteiger partial charge in [0.05, 0.1) is 0 Å². The predicted molar refractivity (Wildman–Crippen MR) is 467 cm³/mol. The van der Waals surface area contributed by atoms with E-state index >= 15 is 0 Å². The molecule has 0 aromatic heterocycles. The molecule has 0 saturated heterocycles. The monoisotopic (exact) mass is 1320 g/mol. The van der Waals surface area contributed by atoms with E-state index in [1.54, 1.807) is 0 Å². The van der Waals surface area contributed by atoms with Crippen molar-refractivity contribution >= 4 is 129 Å². The lowest BCUT2D eigenvalue weighted by atomic mass is 9.92. The largest absolute Gasteiger partial charge is 0.0683 e. The molecule has 0 aliphatic rings. The standard InChI is InChI=1S/2C17H12.C16H14.2C15H12.10C2H6/c1-11-10-14-6-2-4-12-8-9-13-5-3-7-15(11)17(13)16(12)14;1-11-5-6-14-8-7-12-3-2-4-13-9-10-15(11)17(14)16(12)13;1-11-7-8-13-10-12(2)14-5-3-4-6-15(14)16(13)9-11;1-11-10-12-6-2-3-8-14(12)15-9-5-4-7-13(11)15;1-11-6-9-15-13(10-11)8-7-12-4-2-3-5-14(12)15;10*1-2/h2*2-10H,1H3;3-10H,1-2H3;2*2-10H,1H3;10*1-2H3. The third kappa shape index (κ3) is 20.1. The van der Waals surface area contributed by atoms with Crippen molar-refractivity contribution in [2.24, 2.45) is 0 Å². The molecule has 0 heteroatoms. The van der Waals surface area contributed by atoms with Gasteiger partial charge in [-0.25, -0.2) is 0 Å². The van der Waals surface area contributed by atoms with Gasteiger partial charge < -0.3 is 0 Å². The van der Waals surface area contributed by atoms with Crippen molar-refractivity contribution in [3.8, 4) is 0 Å². The zero-order valence-corrected chi connectivity index (χ0v) is 66.4. The highest BCUT2D eigenvalue weighted by Gasteiger charge is 2.11. The van der Waals surface area contributed by atoms with Gasteiger partial charge >= 0.3 is 0 Å². The number of fused-ring (bicyclic) bond motifs is 9. The molecule has 0 fully saturated rings. The average Bonchev–Trinajstić information content (AvgIpc) is 0.750. The molecule has 17 aromatic rings. The van der Waals surface area contributed by atoms with Crippen molar-refractivity contribution in [3.63, 3.8) is 0 Å². The molecule has 100 heavy (non-hydrogen) atoms. The molecule has 522 valence electrons. The van der Waals surface area contributed by atoms with Crippen LogP contribution in [0, 0.1) is 41.5 Å². The van der Waals surface area contributed by atoms with E-state index in [0.717, 1.165) is 0 Å². The van der Waals surface area contributed by atoms with E-state index in [9.17, 15) is 0 Å². The maximum Gasteiger partial charge on any atom is -0.00241 e. The van der Waals surface area contributed by atoms with E-state index in [1.807, 2.05) is 138 Å². The zero-order valence-electron chi connectivity index (χ0n) is 66.4. The van der Waals surface area contributed by atoms with E-state index in [4.69, 9.17) is 0 Å². The van der Waals surface area contributed by atoms with Crippen molar-refractivity contribution in [1.29, 1.82) is 0 Å². The summed E-state index contributed by atoms with van der Waals surface area (Å²) in [5.41, 5.74) is 8.06. The summed E-state index contributed by atoms with van der Waals surface area (Å²) >= 11 is 0. The lowest BCUT2D eigenvalue weighted by Crippen LogP contribution is -1.85. The molecular weight excluding hydrogens is 1200 g/mol. The van der Waals surface area contributed by atoms with Gasteiger partial charge in [0.1, 0.15) is 0 Å². The lowest BCUT2D eigenvalue weighted by molar-refractivity contribution is 1.50. The molecule has 0 atom stereocenters. The van der Waals surface area contributed by atoms with Crippen molar-refractivity contribution in [3.05, 3.63) is 300 Å². The highest BCUT2D eigenvalue weighted by molar-refractivity contribution is 6.25. The summed E-state index contributed by atoms with van der Waals surface area (Å²) in [6.07, 6.45) is 0. The smallest absolute Gasteiger partial charge is 0.00241 e. The van der Waals surface area contributed by atoms with Crippen LogP contribution < -0.4 is 0 Å². The second-order valence-corrected chi connectivity index (χ2v) is 21.9. The fourth-order valence-electron chi connectivity index (χ4n) is 12.6. The van der Waals surface area contributed by atoms with Crippen LogP contribution >= 0.6 is 0 Å². The van der Waals surface area contributed by atoms with Crippen LogP contribution in [0.2, 0.25) is 0 Å². The topological polar surface area (TPSA) is 0 Å². The third-order valence-electron chi connectivity index (χ3n) is 16.6. The van der Waals surface area contributed by atoms with Gasteiger partial charge in [0.15, 0.2) is 0 Å². The van der Waals surface area contributed by atoms with Gasteiger partial charge in [-0.1, -0.05) is 417 Å². The van der Waals surface area contributed by atoms with Crippen LogP contribution in [0.3, 0.4) is 0 Å². The van der Waals surface area contributed by atoms with Gasteiger partial charge in [0.2, 0.25) is 0 Å². The summed E-state index contributed by atoms with van der Waals surface area (Å²) in [6, 6.07) is 96.3. The van der Waals surface area contributed by atoms with E-state index in [-0.39, 0.29) is 0 Å². The molecule has 0 nitrogen and oxygen atoms in total. The van der Waals surface area contributed by atoms with Crippen molar-refractivity contribution in [1.82, 2.24) is 0 Å². The zero-order chi connectivity index (χ0) is 74.4. The normalized spacial score (nSPS) is 9.70. The summed E-state index contributed by atoms with van der Waals surface area (Å²) in [5.74, 6) is 0. The Bertz CT molecular complexity index is 5060.